The molecule has 0 bridgehead atoms. The van der Waals surface area contributed by atoms with Gasteiger partial charge in [-0.3, -0.25) is 0 Å². The van der Waals surface area contributed by atoms with E-state index in [-0.39, 0.29) is 5.92 Å². The summed E-state index contributed by atoms with van der Waals surface area (Å²) in [5, 5.41) is 11.1. The average molecular weight is 243 g/mol. The van der Waals surface area contributed by atoms with Crippen LogP contribution in [-0.4, -0.2) is 18.8 Å². The van der Waals surface area contributed by atoms with E-state index in [0.717, 1.165) is 12.0 Å². The maximum absolute atomic E-state index is 10.5. The Kier molecular flexibility index (Phi) is 4.78. The van der Waals surface area contributed by atoms with Gasteiger partial charge in [-0.1, -0.05) is 36.7 Å². The van der Waals surface area contributed by atoms with E-state index in [1.165, 1.54) is 0 Å². The summed E-state index contributed by atoms with van der Waals surface area (Å²) in [6.45, 7) is 4.44. The fourth-order valence-electron chi connectivity index (χ4n) is 1.71. The molecule has 0 saturated heterocycles. The molecule has 0 aromatic heterocycles. The lowest BCUT2D eigenvalue weighted by atomic mass is 9.82. The van der Waals surface area contributed by atoms with Crippen molar-refractivity contribution in [1.29, 1.82) is 0 Å². The number of halogens is 1. The zero-order chi connectivity index (χ0) is 12.2. The fraction of sp³-hybridized carbons (Fsp3) is 0.538. The molecule has 3 heteroatoms. The molecular weight excluding hydrogens is 224 g/mol. The van der Waals surface area contributed by atoms with Gasteiger partial charge in [0, 0.05) is 24.3 Å². The predicted octanol–water partition coefficient (Wildman–Crippen LogP) is 3.22. The molecular formula is C13H19ClO2. The lowest BCUT2D eigenvalue weighted by Crippen LogP contribution is -2.31. The Balaban J connectivity index is 2.88. The van der Waals surface area contributed by atoms with E-state index in [9.17, 15) is 5.11 Å². The molecule has 2 atom stereocenters. The number of aliphatic hydroxyl groups is 1. The van der Waals surface area contributed by atoms with Crippen LogP contribution in [-0.2, 0) is 10.3 Å². The third kappa shape index (κ3) is 2.97. The Morgan fingerprint density at radius 1 is 1.44 bits per heavy atom. The summed E-state index contributed by atoms with van der Waals surface area (Å²) in [6.07, 6.45) is 0.800. The van der Waals surface area contributed by atoms with Gasteiger partial charge in [0.1, 0.15) is 0 Å². The van der Waals surface area contributed by atoms with Crippen molar-refractivity contribution in [2.45, 2.75) is 25.9 Å². The molecule has 0 aliphatic carbocycles. The van der Waals surface area contributed by atoms with Crippen LogP contribution in [0.2, 0.25) is 5.02 Å². The second kappa shape index (κ2) is 5.67. The quantitative estimate of drug-likeness (QED) is 0.859. The molecule has 0 aliphatic rings. The second-order valence-electron chi connectivity index (χ2n) is 4.31. The molecule has 2 nitrogen and oxygen atoms in total. The highest BCUT2D eigenvalue weighted by atomic mass is 35.5. The summed E-state index contributed by atoms with van der Waals surface area (Å²) >= 11 is 6.10. The molecule has 1 rings (SSSR count). The van der Waals surface area contributed by atoms with Gasteiger partial charge in [-0.2, -0.15) is 0 Å². The van der Waals surface area contributed by atoms with Crippen molar-refractivity contribution in [3.8, 4) is 0 Å². The third-order valence-corrected chi connectivity index (χ3v) is 3.46. The van der Waals surface area contributed by atoms with Crippen LogP contribution >= 0.6 is 11.6 Å². The van der Waals surface area contributed by atoms with Gasteiger partial charge in [0.2, 0.25) is 0 Å². The van der Waals surface area contributed by atoms with Crippen molar-refractivity contribution in [3.05, 3.63) is 34.9 Å². The average Bonchev–Trinajstić information content (AvgIpc) is 2.26. The van der Waals surface area contributed by atoms with Crippen LogP contribution in [0.25, 0.3) is 0 Å². The summed E-state index contributed by atoms with van der Waals surface area (Å²) < 4.78 is 5.03. The number of hydrogen-bond acceptors (Lipinski definition) is 2. The smallest absolute Gasteiger partial charge is 0.0909 e. The number of ether oxygens (including phenoxy) is 1. The summed E-state index contributed by atoms with van der Waals surface area (Å²) in [7, 11) is 1.66. The number of methoxy groups -OCH3 is 1. The molecule has 1 aromatic rings. The third-order valence-electron chi connectivity index (χ3n) is 3.13. The van der Waals surface area contributed by atoms with E-state index < -0.39 is 5.60 Å². The molecule has 0 fully saturated rings. The van der Waals surface area contributed by atoms with Crippen molar-refractivity contribution in [2.75, 3.05) is 13.7 Å². The van der Waals surface area contributed by atoms with Crippen molar-refractivity contribution in [3.63, 3.8) is 0 Å². The molecule has 1 aromatic carbocycles. The van der Waals surface area contributed by atoms with Gasteiger partial charge in [0.05, 0.1) is 5.60 Å². The highest BCUT2D eigenvalue weighted by Gasteiger charge is 2.31. The number of benzene rings is 1. The van der Waals surface area contributed by atoms with Crippen molar-refractivity contribution in [2.24, 2.45) is 5.92 Å². The Labute approximate surface area is 102 Å². The van der Waals surface area contributed by atoms with Crippen LogP contribution < -0.4 is 0 Å². The first-order valence-corrected chi connectivity index (χ1v) is 5.84. The maximum Gasteiger partial charge on any atom is 0.0909 e. The summed E-state index contributed by atoms with van der Waals surface area (Å²) in [5.41, 5.74) is -0.142. The molecule has 0 aliphatic heterocycles. The fourth-order valence-corrected chi connectivity index (χ4v) is 2.04. The van der Waals surface area contributed by atoms with Crippen LogP contribution in [0.4, 0.5) is 0 Å². The first-order chi connectivity index (χ1) is 7.50. The SMILES string of the molecule is COCCC(C)C(C)(O)c1ccccc1Cl. The van der Waals surface area contributed by atoms with Crippen LogP contribution in [0.15, 0.2) is 24.3 Å². The van der Waals surface area contributed by atoms with Crippen LogP contribution in [0.5, 0.6) is 0 Å². The van der Waals surface area contributed by atoms with E-state index in [1.54, 1.807) is 20.1 Å². The molecule has 0 amide bonds. The van der Waals surface area contributed by atoms with Crippen molar-refractivity contribution >= 4 is 11.6 Å². The van der Waals surface area contributed by atoms with Gasteiger partial charge < -0.3 is 9.84 Å². The molecule has 0 radical (unpaired) electrons. The number of hydrogen-bond donors (Lipinski definition) is 1. The minimum atomic E-state index is -0.920. The molecule has 0 saturated carbocycles. The minimum absolute atomic E-state index is 0.0901. The minimum Gasteiger partial charge on any atom is -0.385 e. The lowest BCUT2D eigenvalue weighted by Gasteiger charge is -2.31. The maximum atomic E-state index is 10.5. The van der Waals surface area contributed by atoms with Gasteiger partial charge >= 0.3 is 0 Å². The van der Waals surface area contributed by atoms with Crippen LogP contribution in [0, 0.1) is 5.92 Å². The Morgan fingerprint density at radius 2 is 2.06 bits per heavy atom. The first kappa shape index (κ1) is 13.5. The number of rotatable bonds is 5. The van der Waals surface area contributed by atoms with E-state index >= 15 is 0 Å². The Hall–Kier alpha value is -0.570. The zero-order valence-electron chi connectivity index (χ0n) is 10.0. The molecule has 0 heterocycles. The monoisotopic (exact) mass is 242 g/mol. The van der Waals surface area contributed by atoms with Crippen LogP contribution in [0.3, 0.4) is 0 Å². The van der Waals surface area contributed by atoms with E-state index in [2.05, 4.69) is 0 Å². The molecule has 0 spiro atoms. The zero-order valence-corrected chi connectivity index (χ0v) is 10.8. The predicted molar refractivity (Wildman–Crippen MR) is 66.7 cm³/mol. The van der Waals surface area contributed by atoms with Gasteiger partial charge in [0.15, 0.2) is 0 Å². The lowest BCUT2D eigenvalue weighted by molar-refractivity contribution is -0.0106. The van der Waals surface area contributed by atoms with Crippen molar-refractivity contribution < 1.29 is 9.84 Å². The van der Waals surface area contributed by atoms with Gasteiger partial charge in [0.25, 0.3) is 0 Å². The van der Waals surface area contributed by atoms with E-state index in [0.29, 0.717) is 11.6 Å². The molecule has 90 valence electrons. The summed E-state index contributed by atoms with van der Waals surface area (Å²) in [6, 6.07) is 7.42. The van der Waals surface area contributed by atoms with Gasteiger partial charge in [-0.15, -0.1) is 0 Å². The van der Waals surface area contributed by atoms with Gasteiger partial charge in [-0.05, 0) is 25.3 Å². The molecule has 2 unspecified atom stereocenters. The summed E-state index contributed by atoms with van der Waals surface area (Å²) in [5.74, 6) is 0.0901. The largest absolute Gasteiger partial charge is 0.385 e. The highest BCUT2D eigenvalue weighted by molar-refractivity contribution is 6.31. The Bertz CT molecular complexity index is 336. The van der Waals surface area contributed by atoms with E-state index in [4.69, 9.17) is 16.3 Å². The topological polar surface area (TPSA) is 29.5 Å². The van der Waals surface area contributed by atoms with Crippen molar-refractivity contribution in [1.82, 2.24) is 0 Å². The molecule has 1 N–H and O–H groups in total. The molecule has 16 heavy (non-hydrogen) atoms. The first-order valence-electron chi connectivity index (χ1n) is 5.46. The Morgan fingerprint density at radius 3 is 2.62 bits per heavy atom. The standard InChI is InChI=1S/C13H19ClO2/c1-10(8-9-16-3)13(2,15)11-6-4-5-7-12(11)14/h4-7,10,15H,8-9H2,1-3H3. The highest BCUT2D eigenvalue weighted by Crippen LogP contribution is 2.35. The summed E-state index contributed by atoms with van der Waals surface area (Å²) in [4.78, 5) is 0. The van der Waals surface area contributed by atoms with E-state index in [1.807, 2.05) is 25.1 Å². The normalized spacial score (nSPS) is 16.8. The second-order valence-corrected chi connectivity index (χ2v) is 4.72. The van der Waals surface area contributed by atoms with Crippen LogP contribution in [0.1, 0.15) is 25.8 Å². The van der Waals surface area contributed by atoms with Gasteiger partial charge in [-0.25, -0.2) is 0 Å².